The number of nitrogens with one attached hydrogen (secondary N) is 2. The average molecular weight is 483 g/mol. The molecular formula is C25H26N2O6S. The number of hydrogen-bond acceptors (Lipinski definition) is 6. The number of carbonyl (C=O) groups excluding carboxylic acids is 1. The Bertz CT molecular complexity index is 1290. The van der Waals surface area contributed by atoms with Crippen LogP contribution in [0.5, 0.6) is 17.2 Å². The van der Waals surface area contributed by atoms with Crippen LogP contribution >= 0.6 is 0 Å². The number of fused-ring (bicyclic) bond motifs is 1. The van der Waals surface area contributed by atoms with E-state index in [2.05, 4.69) is 10.0 Å². The molecule has 0 unspecified atom stereocenters. The van der Waals surface area contributed by atoms with Gasteiger partial charge in [0, 0.05) is 29.4 Å². The lowest BCUT2D eigenvalue weighted by molar-refractivity contribution is -0.115. The van der Waals surface area contributed by atoms with Gasteiger partial charge < -0.3 is 19.5 Å². The van der Waals surface area contributed by atoms with Crippen molar-refractivity contribution in [3.05, 3.63) is 71.8 Å². The SMILES string of the molecule is COc1ccc(C)cc1CC(=O)Nc1ccc(NS(=O)(=O)c2ccc3c(c2)OCCCO3)cc1. The molecule has 1 amide bonds. The van der Waals surface area contributed by atoms with Crippen molar-refractivity contribution in [2.45, 2.75) is 24.7 Å². The van der Waals surface area contributed by atoms with E-state index >= 15 is 0 Å². The fourth-order valence-corrected chi connectivity index (χ4v) is 4.64. The number of hydrogen-bond donors (Lipinski definition) is 2. The smallest absolute Gasteiger partial charge is 0.262 e. The minimum Gasteiger partial charge on any atom is -0.496 e. The van der Waals surface area contributed by atoms with Crippen molar-refractivity contribution in [2.75, 3.05) is 30.4 Å². The van der Waals surface area contributed by atoms with Gasteiger partial charge in [-0.05, 0) is 49.4 Å². The van der Waals surface area contributed by atoms with Crippen molar-refractivity contribution in [1.29, 1.82) is 0 Å². The highest BCUT2D eigenvalue weighted by Crippen LogP contribution is 2.32. The molecule has 3 aromatic carbocycles. The monoisotopic (exact) mass is 482 g/mol. The predicted octanol–water partition coefficient (Wildman–Crippen LogP) is 4.15. The van der Waals surface area contributed by atoms with Gasteiger partial charge in [0.25, 0.3) is 10.0 Å². The number of methoxy groups -OCH3 is 1. The number of anilines is 2. The first kappa shape index (κ1) is 23.4. The van der Waals surface area contributed by atoms with Crippen molar-refractivity contribution in [3.63, 3.8) is 0 Å². The number of carbonyl (C=O) groups is 1. The lowest BCUT2D eigenvalue weighted by atomic mass is 10.1. The van der Waals surface area contributed by atoms with Gasteiger partial charge in [0.05, 0.1) is 31.6 Å². The number of amides is 1. The minimum atomic E-state index is -3.83. The summed E-state index contributed by atoms with van der Waals surface area (Å²) in [7, 11) is -2.27. The van der Waals surface area contributed by atoms with Gasteiger partial charge in [-0.3, -0.25) is 9.52 Å². The zero-order chi connectivity index (χ0) is 24.1. The Morgan fingerprint density at radius 2 is 1.65 bits per heavy atom. The number of sulfonamides is 1. The molecule has 0 radical (unpaired) electrons. The van der Waals surface area contributed by atoms with Gasteiger partial charge in [0.1, 0.15) is 5.75 Å². The van der Waals surface area contributed by atoms with Gasteiger partial charge in [0.2, 0.25) is 5.91 Å². The summed E-state index contributed by atoms with van der Waals surface area (Å²) in [5.74, 6) is 1.38. The molecule has 0 saturated carbocycles. The highest BCUT2D eigenvalue weighted by molar-refractivity contribution is 7.92. The van der Waals surface area contributed by atoms with Crippen molar-refractivity contribution in [2.24, 2.45) is 0 Å². The molecule has 1 heterocycles. The van der Waals surface area contributed by atoms with E-state index in [0.29, 0.717) is 41.8 Å². The summed E-state index contributed by atoms with van der Waals surface area (Å²) in [6, 6.07) is 16.6. The van der Waals surface area contributed by atoms with Crippen LogP contribution in [0.25, 0.3) is 0 Å². The van der Waals surface area contributed by atoms with Gasteiger partial charge in [-0.1, -0.05) is 17.7 Å². The molecule has 1 aliphatic rings. The maximum Gasteiger partial charge on any atom is 0.262 e. The van der Waals surface area contributed by atoms with Crippen molar-refractivity contribution in [3.8, 4) is 17.2 Å². The molecule has 9 heteroatoms. The van der Waals surface area contributed by atoms with Crippen LogP contribution < -0.4 is 24.2 Å². The van der Waals surface area contributed by atoms with Crippen LogP contribution in [0.1, 0.15) is 17.5 Å². The summed E-state index contributed by atoms with van der Waals surface area (Å²) < 4.78 is 44.7. The predicted molar refractivity (Wildman–Crippen MR) is 129 cm³/mol. The number of benzene rings is 3. The van der Waals surface area contributed by atoms with E-state index in [0.717, 1.165) is 17.5 Å². The lowest BCUT2D eigenvalue weighted by Crippen LogP contribution is -2.15. The van der Waals surface area contributed by atoms with Crippen molar-refractivity contribution < 1.29 is 27.4 Å². The number of rotatable bonds is 7. The number of aryl methyl sites for hydroxylation is 1. The highest BCUT2D eigenvalue weighted by Gasteiger charge is 2.19. The Labute approximate surface area is 198 Å². The highest BCUT2D eigenvalue weighted by atomic mass is 32.2. The van der Waals surface area contributed by atoms with Crippen LogP contribution in [0.4, 0.5) is 11.4 Å². The van der Waals surface area contributed by atoms with Crippen LogP contribution in [0.3, 0.4) is 0 Å². The second kappa shape index (κ2) is 10.0. The van der Waals surface area contributed by atoms with E-state index in [1.54, 1.807) is 37.4 Å². The summed E-state index contributed by atoms with van der Waals surface area (Å²) in [5, 5.41) is 2.82. The van der Waals surface area contributed by atoms with Crippen LogP contribution in [-0.2, 0) is 21.2 Å². The normalized spacial score (nSPS) is 13.0. The molecule has 0 aromatic heterocycles. The Balaban J connectivity index is 1.41. The van der Waals surface area contributed by atoms with Crippen LogP contribution in [0.2, 0.25) is 0 Å². The van der Waals surface area contributed by atoms with Gasteiger partial charge in [-0.2, -0.15) is 0 Å². The summed E-state index contributed by atoms with van der Waals surface area (Å²) in [6.45, 7) is 2.94. The second-order valence-corrected chi connectivity index (χ2v) is 9.56. The van der Waals surface area contributed by atoms with Crippen LogP contribution in [-0.4, -0.2) is 34.6 Å². The molecule has 2 N–H and O–H groups in total. The molecule has 178 valence electrons. The summed E-state index contributed by atoms with van der Waals surface area (Å²) in [6.07, 6.45) is 0.889. The van der Waals surface area contributed by atoms with Gasteiger partial charge in [-0.25, -0.2) is 8.42 Å². The molecular weight excluding hydrogens is 456 g/mol. The Morgan fingerprint density at radius 1 is 0.941 bits per heavy atom. The molecule has 0 atom stereocenters. The largest absolute Gasteiger partial charge is 0.496 e. The summed E-state index contributed by atoms with van der Waals surface area (Å²) >= 11 is 0. The molecule has 0 fully saturated rings. The topological polar surface area (TPSA) is 103 Å². The fraction of sp³-hybridized carbons (Fsp3) is 0.240. The zero-order valence-electron chi connectivity index (χ0n) is 19.0. The van der Waals surface area contributed by atoms with E-state index in [9.17, 15) is 13.2 Å². The third-order valence-electron chi connectivity index (χ3n) is 5.24. The van der Waals surface area contributed by atoms with Gasteiger partial charge in [0.15, 0.2) is 11.5 Å². The van der Waals surface area contributed by atoms with E-state index in [-0.39, 0.29) is 17.2 Å². The van der Waals surface area contributed by atoms with Crippen LogP contribution in [0.15, 0.2) is 65.6 Å². The average Bonchev–Trinajstić information content (AvgIpc) is 3.05. The fourth-order valence-electron chi connectivity index (χ4n) is 3.57. The first-order valence-electron chi connectivity index (χ1n) is 10.8. The second-order valence-electron chi connectivity index (χ2n) is 7.88. The lowest BCUT2D eigenvalue weighted by Gasteiger charge is -2.12. The molecule has 1 aliphatic heterocycles. The molecule has 0 aliphatic carbocycles. The molecule has 34 heavy (non-hydrogen) atoms. The minimum absolute atomic E-state index is 0.0706. The van der Waals surface area contributed by atoms with E-state index in [1.165, 1.54) is 12.1 Å². The van der Waals surface area contributed by atoms with E-state index < -0.39 is 10.0 Å². The van der Waals surface area contributed by atoms with Crippen LogP contribution in [0, 0.1) is 6.92 Å². The maximum absolute atomic E-state index is 12.8. The summed E-state index contributed by atoms with van der Waals surface area (Å²) in [4.78, 5) is 12.6. The van der Waals surface area contributed by atoms with E-state index in [1.807, 2.05) is 25.1 Å². The first-order chi connectivity index (χ1) is 16.3. The van der Waals surface area contributed by atoms with Gasteiger partial charge in [-0.15, -0.1) is 0 Å². The third kappa shape index (κ3) is 5.60. The summed E-state index contributed by atoms with van der Waals surface area (Å²) in [5.41, 5.74) is 2.74. The van der Waals surface area contributed by atoms with Gasteiger partial charge >= 0.3 is 0 Å². The molecule has 0 spiro atoms. The molecule has 8 nitrogen and oxygen atoms in total. The Kier molecular flexibility index (Phi) is 6.93. The number of ether oxygens (including phenoxy) is 3. The van der Waals surface area contributed by atoms with E-state index in [4.69, 9.17) is 14.2 Å². The Hall–Kier alpha value is -3.72. The molecule has 0 saturated heterocycles. The van der Waals surface area contributed by atoms with Crippen molar-refractivity contribution in [1.82, 2.24) is 0 Å². The molecule has 3 aromatic rings. The van der Waals surface area contributed by atoms with Crippen molar-refractivity contribution >= 4 is 27.3 Å². The standard InChI is InChI=1S/C25H26N2O6S/c1-17-4-10-22(31-2)18(14-17)15-25(28)26-19-5-7-20(8-6-19)27-34(29,30)21-9-11-23-24(16-21)33-13-3-12-32-23/h4-11,14,16,27H,3,12-13,15H2,1-2H3,(H,26,28). The zero-order valence-corrected chi connectivity index (χ0v) is 19.8. The quantitative estimate of drug-likeness (QED) is 0.525. The third-order valence-corrected chi connectivity index (χ3v) is 6.62. The molecule has 4 rings (SSSR count). The Morgan fingerprint density at radius 3 is 2.38 bits per heavy atom. The molecule has 0 bridgehead atoms. The first-order valence-corrected chi connectivity index (χ1v) is 12.3. The maximum atomic E-state index is 12.8.